The van der Waals surface area contributed by atoms with Crippen molar-refractivity contribution in [2.75, 3.05) is 11.6 Å². The zero-order valence-electron chi connectivity index (χ0n) is 9.64. The normalized spacial score (nSPS) is 16.1. The first-order chi connectivity index (χ1) is 8.20. The maximum absolute atomic E-state index is 11.1. The van der Waals surface area contributed by atoms with Gasteiger partial charge in [0, 0.05) is 6.04 Å². The molecule has 1 fully saturated rings. The average Bonchev–Trinajstić information content (AvgIpc) is 2.81. The second-order valence-electron chi connectivity index (χ2n) is 4.08. The van der Waals surface area contributed by atoms with Crippen molar-refractivity contribution in [3.05, 3.63) is 11.6 Å². The molecule has 0 bridgehead atoms. The van der Waals surface area contributed by atoms with Crippen molar-refractivity contribution in [1.82, 2.24) is 10.2 Å². The van der Waals surface area contributed by atoms with Gasteiger partial charge in [-0.15, -0.1) is 22.0 Å². The van der Waals surface area contributed by atoms with Crippen LogP contribution in [0, 0.1) is 0 Å². The van der Waals surface area contributed by atoms with Crippen LogP contribution in [0.5, 0.6) is 0 Å². The molecule has 0 atom stereocenters. The van der Waals surface area contributed by atoms with Crippen LogP contribution < -0.4 is 5.32 Å². The standard InChI is InChI=1S/C11H15N3O2S/c1-17-10-8(11(15)16)6-9(13-14-10)12-7-4-2-3-5-7/h6-7H,2-5H2,1H3,(H,12,13)(H,15,16). The van der Waals surface area contributed by atoms with Crippen molar-refractivity contribution < 1.29 is 9.90 Å². The fourth-order valence-electron chi connectivity index (χ4n) is 2.03. The molecule has 0 aliphatic heterocycles. The highest BCUT2D eigenvalue weighted by molar-refractivity contribution is 7.98. The van der Waals surface area contributed by atoms with Crippen molar-refractivity contribution in [2.45, 2.75) is 36.8 Å². The topological polar surface area (TPSA) is 75.1 Å². The fraction of sp³-hybridized carbons (Fsp3) is 0.545. The molecule has 2 rings (SSSR count). The third-order valence-corrected chi connectivity index (χ3v) is 3.58. The number of aromatic carboxylic acids is 1. The lowest BCUT2D eigenvalue weighted by Crippen LogP contribution is -2.17. The van der Waals surface area contributed by atoms with Crippen LogP contribution in [0.15, 0.2) is 11.1 Å². The predicted octanol–water partition coefficient (Wildman–Crippen LogP) is 2.25. The molecule has 1 heterocycles. The first-order valence-corrected chi connectivity index (χ1v) is 6.84. The van der Waals surface area contributed by atoms with E-state index in [-0.39, 0.29) is 5.56 Å². The molecule has 1 aromatic heterocycles. The molecule has 2 N–H and O–H groups in total. The number of hydrogen-bond acceptors (Lipinski definition) is 5. The molecular formula is C11H15N3O2S. The van der Waals surface area contributed by atoms with Gasteiger partial charge in [-0.3, -0.25) is 0 Å². The summed E-state index contributed by atoms with van der Waals surface area (Å²) in [4.78, 5) is 11.1. The molecule has 0 unspecified atom stereocenters. The highest BCUT2D eigenvalue weighted by atomic mass is 32.2. The first kappa shape index (κ1) is 12.2. The molecule has 1 saturated carbocycles. The Balaban J connectivity index is 2.17. The maximum atomic E-state index is 11.1. The van der Waals surface area contributed by atoms with Crippen LogP contribution in [0.3, 0.4) is 0 Å². The first-order valence-electron chi connectivity index (χ1n) is 5.62. The van der Waals surface area contributed by atoms with Crippen LogP contribution in [0.1, 0.15) is 36.0 Å². The van der Waals surface area contributed by atoms with E-state index in [0.29, 0.717) is 16.9 Å². The van der Waals surface area contributed by atoms with Crippen LogP contribution in [0.2, 0.25) is 0 Å². The smallest absolute Gasteiger partial charge is 0.338 e. The molecule has 0 spiro atoms. The van der Waals surface area contributed by atoms with Crippen molar-refractivity contribution in [1.29, 1.82) is 0 Å². The van der Waals surface area contributed by atoms with Gasteiger partial charge in [0.2, 0.25) is 0 Å². The lowest BCUT2D eigenvalue weighted by atomic mass is 10.2. The Morgan fingerprint density at radius 2 is 2.18 bits per heavy atom. The van der Waals surface area contributed by atoms with Crippen molar-refractivity contribution in [3.8, 4) is 0 Å². The number of carboxylic acids is 1. The van der Waals surface area contributed by atoms with Crippen LogP contribution in [0.4, 0.5) is 5.82 Å². The van der Waals surface area contributed by atoms with E-state index in [4.69, 9.17) is 5.11 Å². The van der Waals surface area contributed by atoms with Gasteiger partial charge >= 0.3 is 5.97 Å². The molecule has 1 aliphatic rings. The summed E-state index contributed by atoms with van der Waals surface area (Å²) in [7, 11) is 0. The van der Waals surface area contributed by atoms with Gasteiger partial charge in [0.25, 0.3) is 0 Å². The zero-order chi connectivity index (χ0) is 12.3. The quantitative estimate of drug-likeness (QED) is 0.802. The van der Waals surface area contributed by atoms with E-state index in [1.165, 1.54) is 24.6 Å². The van der Waals surface area contributed by atoms with E-state index in [0.717, 1.165) is 12.8 Å². The lowest BCUT2D eigenvalue weighted by Gasteiger charge is -2.12. The van der Waals surface area contributed by atoms with Crippen molar-refractivity contribution >= 4 is 23.5 Å². The number of carboxylic acid groups (broad SMARTS) is 1. The minimum absolute atomic E-state index is 0.216. The third-order valence-electron chi connectivity index (χ3n) is 2.89. The van der Waals surface area contributed by atoms with Gasteiger partial charge in [-0.2, -0.15) is 0 Å². The summed E-state index contributed by atoms with van der Waals surface area (Å²) in [5.41, 5.74) is 0.216. The van der Waals surface area contributed by atoms with Gasteiger partial charge in [-0.25, -0.2) is 4.79 Å². The highest BCUT2D eigenvalue weighted by Crippen LogP contribution is 2.23. The largest absolute Gasteiger partial charge is 0.478 e. The molecule has 0 radical (unpaired) electrons. The number of rotatable bonds is 4. The minimum atomic E-state index is -0.960. The highest BCUT2D eigenvalue weighted by Gasteiger charge is 2.17. The van der Waals surface area contributed by atoms with Crippen LogP contribution in [0.25, 0.3) is 0 Å². The number of carbonyl (C=O) groups is 1. The van der Waals surface area contributed by atoms with E-state index in [9.17, 15) is 4.79 Å². The average molecular weight is 253 g/mol. The summed E-state index contributed by atoms with van der Waals surface area (Å²) < 4.78 is 0. The van der Waals surface area contributed by atoms with Crippen LogP contribution in [-0.2, 0) is 0 Å². The second kappa shape index (κ2) is 5.35. The Bertz CT molecular complexity index is 419. The Morgan fingerprint density at radius 1 is 1.47 bits per heavy atom. The van der Waals surface area contributed by atoms with Crippen molar-refractivity contribution in [2.24, 2.45) is 0 Å². The molecule has 1 aromatic rings. The molecule has 5 nitrogen and oxygen atoms in total. The Labute approximate surface area is 104 Å². The Morgan fingerprint density at radius 3 is 2.76 bits per heavy atom. The molecule has 17 heavy (non-hydrogen) atoms. The van der Waals surface area contributed by atoms with Gasteiger partial charge in [0.15, 0.2) is 0 Å². The number of thioether (sulfide) groups is 1. The monoisotopic (exact) mass is 253 g/mol. The van der Waals surface area contributed by atoms with Gasteiger partial charge in [-0.05, 0) is 25.2 Å². The van der Waals surface area contributed by atoms with E-state index in [2.05, 4.69) is 15.5 Å². The summed E-state index contributed by atoms with van der Waals surface area (Å²) in [5, 5.41) is 20.7. The number of anilines is 1. The predicted molar refractivity (Wildman–Crippen MR) is 66.7 cm³/mol. The van der Waals surface area contributed by atoms with Gasteiger partial charge < -0.3 is 10.4 Å². The SMILES string of the molecule is CSc1nnc(NC2CCCC2)cc1C(=O)O. The van der Waals surface area contributed by atoms with Gasteiger partial charge in [-0.1, -0.05) is 12.8 Å². The zero-order valence-corrected chi connectivity index (χ0v) is 10.5. The molecule has 6 heteroatoms. The Kier molecular flexibility index (Phi) is 3.83. The minimum Gasteiger partial charge on any atom is -0.478 e. The van der Waals surface area contributed by atoms with Gasteiger partial charge in [0.1, 0.15) is 10.8 Å². The summed E-state index contributed by atoms with van der Waals surface area (Å²) in [6, 6.07) is 1.98. The van der Waals surface area contributed by atoms with E-state index < -0.39 is 5.97 Å². The lowest BCUT2D eigenvalue weighted by molar-refractivity contribution is 0.0692. The Hall–Kier alpha value is -1.30. The number of hydrogen-bond donors (Lipinski definition) is 2. The van der Waals surface area contributed by atoms with Crippen LogP contribution in [-0.4, -0.2) is 33.6 Å². The summed E-state index contributed by atoms with van der Waals surface area (Å²) in [6.07, 6.45) is 6.48. The van der Waals surface area contributed by atoms with E-state index in [1.54, 1.807) is 12.3 Å². The second-order valence-corrected chi connectivity index (χ2v) is 4.88. The molecule has 92 valence electrons. The molecule has 0 saturated heterocycles. The summed E-state index contributed by atoms with van der Waals surface area (Å²) in [6.45, 7) is 0. The third kappa shape index (κ3) is 2.88. The summed E-state index contributed by atoms with van der Waals surface area (Å²) >= 11 is 1.29. The molecular weight excluding hydrogens is 238 g/mol. The van der Waals surface area contributed by atoms with Gasteiger partial charge in [0.05, 0.1) is 5.56 Å². The maximum Gasteiger partial charge on any atom is 0.338 e. The molecule has 0 aromatic carbocycles. The van der Waals surface area contributed by atoms with E-state index in [1.807, 2.05) is 0 Å². The molecule has 1 aliphatic carbocycles. The fourth-order valence-corrected chi connectivity index (χ4v) is 2.52. The van der Waals surface area contributed by atoms with E-state index >= 15 is 0 Å². The summed E-state index contributed by atoms with van der Waals surface area (Å²) in [5.74, 6) is -0.397. The van der Waals surface area contributed by atoms with Crippen molar-refractivity contribution in [3.63, 3.8) is 0 Å². The number of nitrogens with zero attached hydrogens (tertiary/aromatic N) is 2. The molecule has 0 amide bonds. The number of nitrogens with one attached hydrogen (secondary N) is 1. The van der Waals surface area contributed by atoms with Crippen LogP contribution >= 0.6 is 11.8 Å². The number of aromatic nitrogens is 2.